The van der Waals surface area contributed by atoms with Gasteiger partial charge in [0, 0.05) is 22.4 Å². The van der Waals surface area contributed by atoms with Gasteiger partial charge in [-0.15, -0.1) is 0 Å². The fourth-order valence-corrected chi connectivity index (χ4v) is 13.8. The van der Waals surface area contributed by atoms with Crippen LogP contribution >= 0.6 is 0 Å². The van der Waals surface area contributed by atoms with Gasteiger partial charge in [0.05, 0.1) is 11.0 Å². The zero-order valence-electron chi connectivity index (χ0n) is 28.2. The Morgan fingerprint density at radius 1 is 0.353 bits per heavy atom. The van der Waals surface area contributed by atoms with Crippen LogP contribution in [0, 0.1) is 0 Å². The zero-order valence-corrected chi connectivity index (χ0v) is 29.2. The van der Waals surface area contributed by atoms with E-state index >= 15 is 0 Å². The number of benzene rings is 8. The van der Waals surface area contributed by atoms with Crippen molar-refractivity contribution < 1.29 is 0 Å². The normalized spacial score (nSPS) is 12.6. The molecule has 0 spiro atoms. The van der Waals surface area contributed by atoms with Crippen molar-refractivity contribution in [1.29, 1.82) is 0 Å². The molecule has 0 saturated heterocycles. The van der Waals surface area contributed by atoms with Crippen molar-refractivity contribution in [2.45, 2.75) is 5.92 Å². The highest BCUT2D eigenvalue weighted by Gasteiger charge is 2.42. The van der Waals surface area contributed by atoms with Crippen molar-refractivity contribution in [1.82, 2.24) is 4.57 Å². The van der Waals surface area contributed by atoms with E-state index in [0.29, 0.717) is 0 Å². The van der Waals surface area contributed by atoms with Crippen molar-refractivity contribution in [3.63, 3.8) is 0 Å². The topological polar surface area (TPSA) is 4.93 Å². The van der Waals surface area contributed by atoms with Crippen LogP contribution in [-0.4, -0.2) is 12.6 Å². The standard InChI is InChI=1S/C49H35NSi/c1-4-18-37(19-5-1)51(38-20-6-2-7-21-38,39-22-8-3-9-23-39)40-33-35(49-45-28-12-10-24-41(45)42-25-11-13-29-46(42)49)32-36(34-40)50-47-30-16-14-26-43(47)44-27-15-17-31-48(44)50/h1-34,49H. The summed E-state index contributed by atoms with van der Waals surface area (Å²) in [5.41, 5.74) is 10.4. The summed E-state index contributed by atoms with van der Waals surface area (Å²) in [5.74, 6) is 0.109. The van der Waals surface area contributed by atoms with Crippen molar-refractivity contribution in [2.75, 3.05) is 0 Å². The molecule has 1 nitrogen and oxygen atoms in total. The van der Waals surface area contributed by atoms with Gasteiger partial charge in [0.15, 0.2) is 8.07 Å². The van der Waals surface area contributed by atoms with Crippen LogP contribution in [0.1, 0.15) is 22.6 Å². The maximum Gasteiger partial charge on any atom is 0.179 e. The average molecular weight is 666 g/mol. The van der Waals surface area contributed by atoms with Crippen molar-refractivity contribution >= 4 is 50.6 Å². The Bertz CT molecular complexity index is 2500. The van der Waals surface area contributed by atoms with Crippen LogP contribution in [0.5, 0.6) is 0 Å². The van der Waals surface area contributed by atoms with Gasteiger partial charge in [-0.1, -0.05) is 182 Å². The molecule has 0 radical (unpaired) electrons. The minimum Gasteiger partial charge on any atom is -0.309 e. The Labute approximate surface area is 299 Å². The largest absolute Gasteiger partial charge is 0.309 e. The molecule has 0 aliphatic heterocycles. The molecule has 2 heteroatoms. The van der Waals surface area contributed by atoms with Crippen LogP contribution in [0.3, 0.4) is 0 Å². The summed E-state index contributed by atoms with van der Waals surface area (Å²) in [4.78, 5) is 0. The minimum absolute atomic E-state index is 0.109. The Morgan fingerprint density at radius 2 is 0.765 bits per heavy atom. The molecule has 9 aromatic rings. The molecule has 1 aromatic heterocycles. The summed E-state index contributed by atoms with van der Waals surface area (Å²) in [6.45, 7) is 0. The summed E-state index contributed by atoms with van der Waals surface area (Å²) >= 11 is 0. The third-order valence-electron chi connectivity index (χ3n) is 11.0. The Morgan fingerprint density at radius 3 is 1.25 bits per heavy atom. The van der Waals surface area contributed by atoms with Gasteiger partial charge in [-0.3, -0.25) is 0 Å². The fraction of sp³-hybridized carbons (Fsp3) is 0.0204. The maximum absolute atomic E-state index is 2.86. The number of nitrogens with zero attached hydrogens (tertiary/aromatic N) is 1. The predicted molar refractivity (Wildman–Crippen MR) is 217 cm³/mol. The first-order chi connectivity index (χ1) is 25.3. The smallest absolute Gasteiger partial charge is 0.179 e. The van der Waals surface area contributed by atoms with E-state index in [1.165, 1.54) is 76.1 Å². The summed E-state index contributed by atoms with van der Waals surface area (Å²) in [6, 6.07) is 77.2. The highest BCUT2D eigenvalue weighted by molar-refractivity contribution is 7.19. The Kier molecular flexibility index (Phi) is 6.97. The highest BCUT2D eigenvalue weighted by atomic mass is 28.3. The van der Waals surface area contributed by atoms with Gasteiger partial charge < -0.3 is 4.57 Å². The highest BCUT2D eigenvalue weighted by Crippen LogP contribution is 2.48. The van der Waals surface area contributed by atoms with Gasteiger partial charge in [0.1, 0.15) is 0 Å². The molecule has 0 amide bonds. The molecule has 1 heterocycles. The molecule has 1 aliphatic rings. The molecule has 0 fully saturated rings. The van der Waals surface area contributed by atoms with Gasteiger partial charge >= 0.3 is 0 Å². The lowest BCUT2D eigenvalue weighted by atomic mass is 9.89. The molecular formula is C49H35NSi. The number of para-hydroxylation sites is 2. The summed E-state index contributed by atoms with van der Waals surface area (Å²) in [7, 11) is -2.86. The van der Waals surface area contributed by atoms with E-state index in [4.69, 9.17) is 0 Å². The lowest BCUT2D eigenvalue weighted by Gasteiger charge is -2.35. The number of rotatable bonds is 6. The molecule has 51 heavy (non-hydrogen) atoms. The van der Waals surface area contributed by atoms with Crippen molar-refractivity contribution in [3.8, 4) is 16.8 Å². The predicted octanol–water partition coefficient (Wildman–Crippen LogP) is 9.32. The van der Waals surface area contributed by atoms with Gasteiger partial charge in [-0.05, 0) is 72.8 Å². The van der Waals surface area contributed by atoms with E-state index in [2.05, 4.69) is 211 Å². The van der Waals surface area contributed by atoms with Crippen LogP contribution in [0.15, 0.2) is 206 Å². The molecule has 240 valence electrons. The monoisotopic (exact) mass is 665 g/mol. The number of fused-ring (bicyclic) bond motifs is 6. The minimum atomic E-state index is -2.86. The zero-order chi connectivity index (χ0) is 33.8. The van der Waals surface area contributed by atoms with E-state index in [1.807, 2.05) is 0 Å². The third-order valence-corrected chi connectivity index (χ3v) is 15.8. The second-order valence-electron chi connectivity index (χ2n) is 13.6. The number of hydrogen-bond donors (Lipinski definition) is 0. The van der Waals surface area contributed by atoms with E-state index in [9.17, 15) is 0 Å². The number of hydrogen-bond acceptors (Lipinski definition) is 0. The Hall–Kier alpha value is -6.22. The van der Waals surface area contributed by atoms with E-state index in [0.717, 1.165) is 0 Å². The van der Waals surface area contributed by atoms with Crippen molar-refractivity contribution in [2.24, 2.45) is 0 Å². The molecule has 0 N–H and O–H groups in total. The maximum atomic E-state index is 2.57. The molecule has 1 aliphatic carbocycles. The second-order valence-corrected chi connectivity index (χ2v) is 17.4. The summed E-state index contributed by atoms with van der Waals surface area (Å²) in [6.07, 6.45) is 0. The first kappa shape index (κ1) is 29.7. The second kappa shape index (κ2) is 12.0. The van der Waals surface area contributed by atoms with E-state index in [-0.39, 0.29) is 5.92 Å². The van der Waals surface area contributed by atoms with Crippen LogP contribution in [0.2, 0.25) is 0 Å². The van der Waals surface area contributed by atoms with Crippen LogP contribution in [-0.2, 0) is 0 Å². The van der Waals surface area contributed by atoms with Crippen LogP contribution in [0.4, 0.5) is 0 Å². The number of aromatic nitrogens is 1. The quantitative estimate of drug-likeness (QED) is 0.123. The molecule has 0 saturated carbocycles. The summed E-state index contributed by atoms with van der Waals surface area (Å²) < 4.78 is 2.50. The lowest BCUT2D eigenvalue weighted by Crippen LogP contribution is -2.74. The molecule has 10 rings (SSSR count). The SMILES string of the molecule is c1ccc([Si](c2ccccc2)(c2ccccc2)c2cc(C3c4ccccc4-c4ccccc43)cc(-n3c4ccccc4c4ccccc43)c2)cc1. The van der Waals surface area contributed by atoms with Crippen molar-refractivity contribution in [3.05, 3.63) is 223 Å². The lowest BCUT2D eigenvalue weighted by molar-refractivity contribution is 1.01. The molecular weight excluding hydrogens is 631 g/mol. The summed E-state index contributed by atoms with van der Waals surface area (Å²) in [5, 5.41) is 8.05. The Balaban J connectivity index is 1.37. The average Bonchev–Trinajstić information content (AvgIpc) is 3.73. The van der Waals surface area contributed by atoms with Gasteiger partial charge in [-0.2, -0.15) is 0 Å². The first-order valence-corrected chi connectivity index (χ1v) is 19.8. The molecule has 0 atom stereocenters. The van der Waals surface area contributed by atoms with E-state index < -0.39 is 8.07 Å². The van der Waals surface area contributed by atoms with Crippen LogP contribution < -0.4 is 20.7 Å². The molecule has 0 bridgehead atoms. The van der Waals surface area contributed by atoms with Crippen LogP contribution in [0.25, 0.3) is 38.6 Å². The van der Waals surface area contributed by atoms with Gasteiger partial charge in [-0.25, -0.2) is 0 Å². The fourth-order valence-electron chi connectivity index (χ4n) is 8.93. The molecule has 8 aromatic carbocycles. The van der Waals surface area contributed by atoms with E-state index in [1.54, 1.807) is 0 Å². The first-order valence-electron chi connectivity index (χ1n) is 17.8. The van der Waals surface area contributed by atoms with Gasteiger partial charge in [0.2, 0.25) is 0 Å². The van der Waals surface area contributed by atoms with Gasteiger partial charge in [0.25, 0.3) is 0 Å². The third kappa shape index (κ3) is 4.54. The molecule has 0 unspecified atom stereocenters.